The quantitative estimate of drug-likeness (QED) is 0.152. The fourth-order valence-electron chi connectivity index (χ4n) is 5.87. The van der Waals surface area contributed by atoms with E-state index in [0.717, 1.165) is 28.8 Å². The summed E-state index contributed by atoms with van der Waals surface area (Å²) >= 11 is 3.33. The minimum atomic E-state index is -0.570. The number of benzene rings is 4. The van der Waals surface area contributed by atoms with Gasteiger partial charge in [-0.25, -0.2) is 9.18 Å². The number of ether oxygens (including phenoxy) is 2. The second-order valence-electron chi connectivity index (χ2n) is 11.5. The molecule has 3 amide bonds. The average Bonchev–Trinajstić information content (AvgIpc) is 3.12. The zero-order valence-corrected chi connectivity index (χ0v) is 29.2. The first-order valence-electron chi connectivity index (χ1n) is 16.4. The monoisotopic (exact) mass is 730 g/mol. The summed E-state index contributed by atoms with van der Waals surface area (Å²) in [7, 11) is 0. The third-order valence-corrected chi connectivity index (χ3v) is 9.00. The molecule has 2 N–H and O–H groups in total. The van der Waals surface area contributed by atoms with E-state index in [2.05, 4.69) is 38.4 Å². The summed E-state index contributed by atoms with van der Waals surface area (Å²) in [4.78, 5) is 43.5. The normalized spacial score (nSPS) is 14.2. The smallest absolute Gasteiger partial charge is 0.407 e. The number of anilines is 1. The molecular weight excluding hydrogens is 691 g/mol. The highest BCUT2D eigenvalue weighted by molar-refractivity contribution is 9.10. The predicted molar refractivity (Wildman–Crippen MR) is 191 cm³/mol. The van der Waals surface area contributed by atoms with Crippen molar-refractivity contribution in [1.29, 1.82) is 0 Å². The predicted octanol–water partition coefficient (Wildman–Crippen LogP) is 7.05. The maximum Gasteiger partial charge on any atom is 0.407 e. The van der Waals surface area contributed by atoms with E-state index in [1.807, 2.05) is 79.7 Å². The van der Waals surface area contributed by atoms with Crippen molar-refractivity contribution in [2.24, 2.45) is 0 Å². The van der Waals surface area contributed by atoms with Gasteiger partial charge in [-0.15, -0.1) is 0 Å². The van der Waals surface area contributed by atoms with Gasteiger partial charge in [0.2, 0.25) is 0 Å². The van der Waals surface area contributed by atoms with Crippen LogP contribution >= 0.6 is 15.9 Å². The van der Waals surface area contributed by atoms with Crippen molar-refractivity contribution < 1.29 is 28.2 Å². The van der Waals surface area contributed by atoms with Crippen LogP contribution in [0, 0.1) is 5.82 Å². The Balaban J connectivity index is 1.33. The number of piperazine rings is 1. The Kier molecular flexibility index (Phi) is 12.3. The van der Waals surface area contributed by atoms with Gasteiger partial charge in [0.25, 0.3) is 11.8 Å². The van der Waals surface area contributed by atoms with E-state index in [-0.39, 0.29) is 37.6 Å². The summed E-state index contributed by atoms with van der Waals surface area (Å²) in [6.45, 7) is 6.34. The fourth-order valence-corrected chi connectivity index (χ4v) is 6.39. The Morgan fingerprint density at radius 2 is 1.63 bits per heavy atom. The second-order valence-corrected chi connectivity index (χ2v) is 12.4. The number of nitrogens with zero attached hydrogens (tertiary/aromatic N) is 2. The molecular formula is C38H40BrFN4O5. The molecule has 1 aliphatic heterocycles. The molecule has 1 atom stereocenters. The van der Waals surface area contributed by atoms with Crippen LogP contribution in [-0.2, 0) is 11.3 Å². The van der Waals surface area contributed by atoms with Crippen LogP contribution in [-0.4, -0.2) is 68.2 Å². The Hall–Kier alpha value is -4.90. The lowest BCUT2D eigenvalue weighted by Crippen LogP contribution is -2.55. The molecule has 1 saturated heterocycles. The van der Waals surface area contributed by atoms with Gasteiger partial charge in [0.1, 0.15) is 18.2 Å². The molecule has 0 radical (unpaired) electrons. The van der Waals surface area contributed by atoms with Crippen LogP contribution in [0.5, 0.6) is 5.75 Å². The summed E-state index contributed by atoms with van der Waals surface area (Å²) in [6.07, 6.45) is 0.151. The molecule has 1 aliphatic rings. The molecule has 49 heavy (non-hydrogen) atoms. The van der Waals surface area contributed by atoms with Crippen molar-refractivity contribution in [3.05, 3.63) is 118 Å². The number of hydrogen-bond donors (Lipinski definition) is 2. The maximum absolute atomic E-state index is 13.9. The Bertz CT molecular complexity index is 1770. The minimum absolute atomic E-state index is 0.0777. The molecule has 4 aromatic carbocycles. The molecule has 5 rings (SSSR count). The number of rotatable bonds is 12. The number of nitrogens with one attached hydrogen (secondary N) is 2. The molecule has 0 unspecified atom stereocenters. The lowest BCUT2D eigenvalue weighted by molar-refractivity contribution is 0.0719. The summed E-state index contributed by atoms with van der Waals surface area (Å²) in [5, 5.41) is 5.63. The van der Waals surface area contributed by atoms with Crippen LogP contribution in [0.2, 0.25) is 0 Å². The fraction of sp³-hybridized carbons (Fsp3) is 0.289. The SMILES string of the molecule is CCOc1ccccc1-c1ccc(N2CCN(C(=O)c3ccc(F)cc3Br)C[C@H]2CC)c(C(=O)NCCNC(=O)OCc2ccccc2)c1. The molecule has 1 fully saturated rings. The summed E-state index contributed by atoms with van der Waals surface area (Å²) in [5.74, 6) is -0.182. The number of alkyl carbamates (subject to hydrolysis) is 1. The van der Waals surface area contributed by atoms with Gasteiger partial charge in [-0.1, -0.05) is 61.5 Å². The van der Waals surface area contributed by atoms with Gasteiger partial charge in [-0.2, -0.15) is 0 Å². The van der Waals surface area contributed by atoms with Crippen LogP contribution < -0.4 is 20.3 Å². The Morgan fingerprint density at radius 1 is 0.878 bits per heavy atom. The van der Waals surface area contributed by atoms with Crippen molar-refractivity contribution in [2.45, 2.75) is 32.9 Å². The minimum Gasteiger partial charge on any atom is -0.493 e. The Morgan fingerprint density at radius 3 is 2.39 bits per heavy atom. The topological polar surface area (TPSA) is 100 Å². The van der Waals surface area contributed by atoms with E-state index >= 15 is 0 Å². The average molecular weight is 732 g/mol. The largest absolute Gasteiger partial charge is 0.493 e. The summed E-state index contributed by atoms with van der Waals surface area (Å²) in [6, 6.07) is 26.9. The van der Waals surface area contributed by atoms with Gasteiger partial charge < -0.3 is 29.9 Å². The standard InChI is InChI=1S/C38H40BrFN4O5/c1-3-29-24-43(37(46)31-16-15-28(40)23-33(31)39)20-21-44(29)34-17-14-27(30-12-8-9-13-35(30)48-4-2)22-32(34)36(45)41-18-19-42-38(47)49-25-26-10-6-5-7-11-26/h5-17,22-23,29H,3-4,18-21,24-25H2,1-2H3,(H,41,45)(H,42,47)/t29-/m1/s1. The molecule has 0 bridgehead atoms. The van der Waals surface area contributed by atoms with Gasteiger partial charge in [0.15, 0.2) is 0 Å². The number of carbonyl (C=O) groups excluding carboxylic acids is 3. The number of para-hydroxylation sites is 1. The summed E-state index contributed by atoms with van der Waals surface area (Å²) in [5.41, 5.74) is 4.17. The van der Waals surface area contributed by atoms with Crippen molar-refractivity contribution >= 4 is 39.5 Å². The van der Waals surface area contributed by atoms with Crippen molar-refractivity contribution in [2.75, 3.05) is 44.2 Å². The highest BCUT2D eigenvalue weighted by Crippen LogP contribution is 2.35. The van der Waals surface area contributed by atoms with Crippen LogP contribution in [0.25, 0.3) is 11.1 Å². The number of carbonyl (C=O) groups is 3. The number of halogens is 2. The second kappa shape index (κ2) is 17.0. The first-order chi connectivity index (χ1) is 23.8. The molecule has 0 aliphatic carbocycles. The van der Waals surface area contributed by atoms with E-state index in [1.54, 1.807) is 4.90 Å². The van der Waals surface area contributed by atoms with Crippen LogP contribution in [0.1, 0.15) is 46.5 Å². The van der Waals surface area contributed by atoms with Gasteiger partial charge >= 0.3 is 6.09 Å². The van der Waals surface area contributed by atoms with Crippen molar-refractivity contribution in [3.63, 3.8) is 0 Å². The van der Waals surface area contributed by atoms with Crippen LogP contribution in [0.15, 0.2) is 95.5 Å². The van der Waals surface area contributed by atoms with Crippen molar-refractivity contribution in [1.82, 2.24) is 15.5 Å². The molecule has 0 spiro atoms. The lowest BCUT2D eigenvalue weighted by atomic mass is 9.98. The van der Waals surface area contributed by atoms with E-state index in [1.165, 1.54) is 18.2 Å². The van der Waals surface area contributed by atoms with Crippen molar-refractivity contribution in [3.8, 4) is 16.9 Å². The Labute approximate surface area is 294 Å². The van der Waals surface area contributed by atoms with E-state index < -0.39 is 11.9 Å². The number of amides is 3. The first-order valence-corrected chi connectivity index (χ1v) is 17.2. The zero-order chi connectivity index (χ0) is 34.8. The maximum atomic E-state index is 13.9. The van der Waals surface area contributed by atoms with E-state index in [4.69, 9.17) is 9.47 Å². The third-order valence-electron chi connectivity index (χ3n) is 8.34. The zero-order valence-electron chi connectivity index (χ0n) is 27.6. The highest BCUT2D eigenvalue weighted by atomic mass is 79.9. The summed E-state index contributed by atoms with van der Waals surface area (Å²) < 4.78 is 25.3. The van der Waals surface area contributed by atoms with E-state index in [0.29, 0.717) is 47.6 Å². The third kappa shape index (κ3) is 8.97. The molecule has 256 valence electrons. The van der Waals surface area contributed by atoms with Crippen LogP contribution in [0.4, 0.5) is 14.9 Å². The molecule has 0 saturated carbocycles. The molecule has 0 aromatic heterocycles. The van der Waals surface area contributed by atoms with Crippen LogP contribution in [0.3, 0.4) is 0 Å². The van der Waals surface area contributed by atoms with Gasteiger partial charge in [0.05, 0.1) is 17.7 Å². The molecule has 1 heterocycles. The lowest BCUT2D eigenvalue weighted by Gasteiger charge is -2.43. The molecule has 4 aromatic rings. The molecule has 9 nitrogen and oxygen atoms in total. The van der Waals surface area contributed by atoms with Gasteiger partial charge in [-0.3, -0.25) is 9.59 Å². The highest BCUT2D eigenvalue weighted by Gasteiger charge is 2.32. The first kappa shape index (κ1) is 35.4. The van der Waals surface area contributed by atoms with Gasteiger partial charge in [-0.05, 0) is 76.8 Å². The number of hydrogen-bond acceptors (Lipinski definition) is 6. The van der Waals surface area contributed by atoms with E-state index in [9.17, 15) is 18.8 Å². The molecule has 11 heteroatoms. The van der Waals surface area contributed by atoms with Gasteiger partial charge in [0, 0.05) is 54.5 Å².